The van der Waals surface area contributed by atoms with E-state index in [-0.39, 0.29) is 5.54 Å². The Balaban J connectivity index is 2.53. The molecule has 0 aromatic rings. The second-order valence-corrected chi connectivity index (χ2v) is 6.08. The minimum absolute atomic E-state index is 0.269. The molecule has 2 unspecified atom stereocenters. The summed E-state index contributed by atoms with van der Waals surface area (Å²) in [6, 6.07) is 0. The Labute approximate surface area is 114 Å². The Kier molecular flexibility index (Phi) is 6.61. The summed E-state index contributed by atoms with van der Waals surface area (Å²) in [5.41, 5.74) is 6.39. The fraction of sp³-hybridized carbons (Fsp3) is 1.00. The Morgan fingerprint density at radius 1 is 1.22 bits per heavy atom. The highest BCUT2D eigenvalue weighted by atomic mass is 15.2. The Morgan fingerprint density at radius 3 is 2.39 bits per heavy atom. The monoisotopic (exact) mass is 255 g/mol. The standard InChI is InChI=1S/C15H33N3/c1-5-18(6-2)11-10-17(4)15(13-16)9-7-8-14(3)12-15/h14H,5-13,16H2,1-4H3. The highest BCUT2D eigenvalue weighted by molar-refractivity contribution is 4.94. The fourth-order valence-corrected chi connectivity index (χ4v) is 3.39. The lowest BCUT2D eigenvalue weighted by molar-refractivity contribution is 0.0537. The largest absolute Gasteiger partial charge is 0.329 e. The molecule has 3 nitrogen and oxygen atoms in total. The van der Waals surface area contributed by atoms with Gasteiger partial charge in [-0.1, -0.05) is 33.6 Å². The van der Waals surface area contributed by atoms with Gasteiger partial charge in [-0.15, -0.1) is 0 Å². The predicted molar refractivity (Wildman–Crippen MR) is 79.8 cm³/mol. The number of hydrogen-bond donors (Lipinski definition) is 1. The molecule has 0 aromatic heterocycles. The third-order valence-corrected chi connectivity index (χ3v) is 4.90. The number of likely N-dealkylation sites (N-methyl/N-ethyl adjacent to an activating group) is 2. The van der Waals surface area contributed by atoms with Gasteiger partial charge >= 0.3 is 0 Å². The smallest absolute Gasteiger partial charge is 0.0331 e. The molecule has 18 heavy (non-hydrogen) atoms. The number of nitrogens with two attached hydrogens (primary N) is 1. The van der Waals surface area contributed by atoms with E-state index in [9.17, 15) is 0 Å². The second kappa shape index (κ2) is 7.46. The molecule has 108 valence electrons. The third kappa shape index (κ3) is 3.94. The summed E-state index contributed by atoms with van der Waals surface area (Å²) in [4.78, 5) is 5.04. The number of hydrogen-bond acceptors (Lipinski definition) is 3. The Bertz CT molecular complexity index is 228. The van der Waals surface area contributed by atoms with Crippen LogP contribution >= 0.6 is 0 Å². The van der Waals surface area contributed by atoms with Crippen molar-refractivity contribution in [3.8, 4) is 0 Å². The maximum absolute atomic E-state index is 6.12. The van der Waals surface area contributed by atoms with Gasteiger partial charge in [0.1, 0.15) is 0 Å². The molecule has 0 spiro atoms. The van der Waals surface area contributed by atoms with Gasteiger partial charge in [0, 0.05) is 25.2 Å². The molecule has 1 rings (SSSR count). The SMILES string of the molecule is CCN(CC)CCN(C)C1(CN)CCCC(C)C1. The first-order valence-corrected chi connectivity index (χ1v) is 7.71. The number of nitrogens with zero attached hydrogens (tertiary/aromatic N) is 2. The van der Waals surface area contributed by atoms with Gasteiger partial charge in [0.05, 0.1) is 0 Å². The van der Waals surface area contributed by atoms with Crippen molar-refractivity contribution in [2.45, 2.75) is 52.0 Å². The Morgan fingerprint density at radius 2 is 1.89 bits per heavy atom. The van der Waals surface area contributed by atoms with Crippen LogP contribution in [-0.4, -0.2) is 55.1 Å². The van der Waals surface area contributed by atoms with Crippen LogP contribution in [-0.2, 0) is 0 Å². The maximum Gasteiger partial charge on any atom is 0.0331 e. The van der Waals surface area contributed by atoms with Crippen molar-refractivity contribution in [2.24, 2.45) is 11.7 Å². The van der Waals surface area contributed by atoms with Crippen LogP contribution in [0.15, 0.2) is 0 Å². The van der Waals surface area contributed by atoms with Crippen molar-refractivity contribution >= 4 is 0 Å². The first-order valence-electron chi connectivity index (χ1n) is 7.71. The molecule has 2 N–H and O–H groups in total. The van der Waals surface area contributed by atoms with E-state index in [1.165, 1.54) is 32.2 Å². The van der Waals surface area contributed by atoms with Crippen molar-refractivity contribution in [3.05, 3.63) is 0 Å². The van der Waals surface area contributed by atoms with Crippen LogP contribution in [0.3, 0.4) is 0 Å². The van der Waals surface area contributed by atoms with Gasteiger partial charge in [-0.3, -0.25) is 4.90 Å². The van der Waals surface area contributed by atoms with E-state index in [0.717, 1.165) is 32.1 Å². The van der Waals surface area contributed by atoms with Crippen LogP contribution in [0, 0.1) is 5.92 Å². The molecule has 2 atom stereocenters. The van der Waals surface area contributed by atoms with E-state index in [1.54, 1.807) is 0 Å². The minimum Gasteiger partial charge on any atom is -0.329 e. The average molecular weight is 255 g/mol. The van der Waals surface area contributed by atoms with Crippen LogP contribution < -0.4 is 5.73 Å². The zero-order valence-corrected chi connectivity index (χ0v) is 12.9. The van der Waals surface area contributed by atoms with E-state index in [1.807, 2.05) is 0 Å². The summed E-state index contributed by atoms with van der Waals surface area (Å²) in [7, 11) is 2.27. The molecule has 1 aliphatic rings. The summed E-state index contributed by atoms with van der Waals surface area (Å²) in [5.74, 6) is 0.832. The van der Waals surface area contributed by atoms with E-state index < -0.39 is 0 Å². The predicted octanol–water partition coefficient (Wildman–Crippen LogP) is 2.17. The summed E-state index contributed by atoms with van der Waals surface area (Å²) in [6.07, 6.45) is 5.28. The first-order chi connectivity index (χ1) is 8.57. The van der Waals surface area contributed by atoms with E-state index in [0.29, 0.717) is 0 Å². The molecule has 3 heteroatoms. The van der Waals surface area contributed by atoms with Crippen LogP contribution in [0.5, 0.6) is 0 Å². The fourth-order valence-electron chi connectivity index (χ4n) is 3.39. The summed E-state index contributed by atoms with van der Waals surface area (Å²) >= 11 is 0. The van der Waals surface area contributed by atoms with Crippen molar-refractivity contribution in [2.75, 3.05) is 39.8 Å². The molecule has 0 aliphatic heterocycles. The molecule has 1 fully saturated rings. The number of rotatable bonds is 7. The van der Waals surface area contributed by atoms with Gasteiger partial charge in [0.15, 0.2) is 0 Å². The van der Waals surface area contributed by atoms with Crippen LogP contribution in [0.25, 0.3) is 0 Å². The highest BCUT2D eigenvalue weighted by Gasteiger charge is 2.36. The molecule has 0 aromatic carbocycles. The molecule has 0 radical (unpaired) electrons. The van der Waals surface area contributed by atoms with Gasteiger partial charge < -0.3 is 10.6 Å². The molecule has 0 amide bonds. The lowest BCUT2D eigenvalue weighted by Gasteiger charge is -2.46. The van der Waals surface area contributed by atoms with Gasteiger partial charge in [0.2, 0.25) is 0 Å². The van der Waals surface area contributed by atoms with Gasteiger partial charge in [-0.25, -0.2) is 0 Å². The minimum atomic E-state index is 0.269. The normalized spacial score (nSPS) is 29.2. The molecule has 0 saturated heterocycles. The molecule has 0 bridgehead atoms. The average Bonchev–Trinajstić information content (AvgIpc) is 2.39. The van der Waals surface area contributed by atoms with E-state index >= 15 is 0 Å². The van der Waals surface area contributed by atoms with Crippen LogP contribution in [0.2, 0.25) is 0 Å². The molecular weight excluding hydrogens is 222 g/mol. The highest BCUT2D eigenvalue weighted by Crippen LogP contribution is 2.35. The van der Waals surface area contributed by atoms with Gasteiger partial charge in [-0.2, -0.15) is 0 Å². The van der Waals surface area contributed by atoms with Crippen LogP contribution in [0.4, 0.5) is 0 Å². The molecule has 1 saturated carbocycles. The topological polar surface area (TPSA) is 32.5 Å². The van der Waals surface area contributed by atoms with Crippen molar-refractivity contribution in [1.29, 1.82) is 0 Å². The van der Waals surface area contributed by atoms with Crippen molar-refractivity contribution in [1.82, 2.24) is 9.80 Å². The quantitative estimate of drug-likeness (QED) is 0.757. The van der Waals surface area contributed by atoms with Crippen LogP contribution in [0.1, 0.15) is 46.5 Å². The van der Waals surface area contributed by atoms with E-state index in [4.69, 9.17) is 5.73 Å². The summed E-state index contributed by atoms with van der Waals surface area (Å²) in [5, 5.41) is 0. The van der Waals surface area contributed by atoms with Gasteiger partial charge in [0.25, 0.3) is 0 Å². The molecule has 0 heterocycles. The van der Waals surface area contributed by atoms with Gasteiger partial charge in [-0.05, 0) is 38.9 Å². The zero-order valence-electron chi connectivity index (χ0n) is 12.9. The summed E-state index contributed by atoms with van der Waals surface area (Å²) < 4.78 is 0. The lowest BCUT2D eigenvalue weighted by Crippen LogP contribution is -2.56. The lowest BCUT2D eigenvalue weighted by atomic mass is 9.75. The van der Waals surface area contributed by atoms with E-state index in [2.05, 4.69) is 37.6 Å². The summed E-state index contributed by atoms with van der Waals surface area (Å²) in [6.45, 7) is 12.3. The van der Waals surface area contributed by atoms with Crippen molar-refractivity contribution < 1.29 is 0 Å². The first kappa shape index (κ1) is 15.9. The molecule has 1 aliphatic carbocycles. The second-order valence-electron chi connectivity index (χ2n) is 6.08. The maximum atomic E-state index is 6.12. The Hall–Kier alpha value is -0.120. The zero-order chi connectivity index (χ0) is 13.6. The third-order valence-electron chi connectivity index (χ3n) is 4.90. The van der Waals surface area contributed by atoms with Crippen molar-refractivity contribution in [3.63, 3.8) is 0 Å². The molecular formula is C15H33N3.